The van der Waals surface area contributed by atoms with Crippen molar-refractivity contribution in [1.29, 1.82) is 0 Å². The quantitative estimate of drug-likeness (QED) is 0.539. The van der Waals surface area contributed by atoms with E-state index in [0.29, 0.717) is 15.5 Å². The van der Waals surface area contributed by atoms with Crippen molar-refractivity contribution >= 4 is 45.1 Å². The summed E-state index contributed by atoms with van der Waals surface area (Å²) in [4.78, 5) is 12.6. The average Bonchev–Trinajstić information content (AvgIpc) is 2.85. The van der Waals surface area contributed by atoms with E-state index in [4.69, 9.17) is 11.6 Å². The second kappa shape index (κ2) is 6.48. The number of carbonyl (C=O) groups is 1. The third kappa shape index (κ3) is 3.25. The van der Waals surface area contributed by atoms with Crippen molar-refractivity contribution in [2.75, 3.05) is 0 Å². The Morgan fingerprint density at radius 3 is 2.87 bits per heavy atom. The number of benzene rings is 2. The largest absolute Gasteiger partial charge is 0.283 e. The summed E-state index contributed by atoms with van der Waals surface area (Å²) in [5, 5.41) is 5.04. The summed E-state index contributed by atoms with van der Waals surface area (Å²) >= 11 is 7.57. The third-order valence-electron chi connectivity index (χ3n) is 3.27. The Bertz CT molecular complexity index is 920. The van der Waals surface area contributed by atoms with Crippen molar-refractivity contribution in [1.82, 2.24) is 5.43 Å². The summed E-state index contributed by atoms with van der Waals surface area (Å²) in [6.07, 6.45) is 1.26. The van der Waals surface area contributed by atoms with Crippen molar-refractivity contribution in [3.8, 4) is 0 Å². The van der Waals surface area contributed by atoms with Crippen LogP contribution in [-0.4, -0.2) is 12.1 Å². The number of hydrogen-bond acceptors (Lipinski definition) is 3. The lowest BCUT2D eigenvalue weighted by atomic mass is 10.2. The van der Waals surface area contributed by atoms with Crippen LogP contribution in [-0.2, 0) is 0 Å². The lowest BCUT2D eigenvalue weighted by Crippen LogP contribution is -2.16. The van der Waals surface area contributed by atoms with Crippen LogP contribution in [0.4, 0.5) is 4.39 Å². The molecule has 3 aromatic rings. The number of amides is 1. The first-order valence-corrected chi connectivity index (χ1v) is 8.02. The zero-order chi connectivity index (χ0) is 16.4. The molecule has 3 nitrogen and oxygen atoms in total. The highest BCUT2D eigenvalue weighted by atomic mass is 35.5. The van der Waals surface area contributed by atoms with Gasteiger partial charge in [0, 0.05) is 15.6 Å². The maximum Gasteiger partial charge on any atom is 0.283 e. The van der Waals surface area contributed by atoms with Crippen LogP contribution >= 0.6 is 22.9 Å². The first-order valence-electron chi connectivity index (χ1n) is 6.83. The molecule has 0 spiro atoms. The monoisotopic (exact) mass is 346 g/mol. The van der Waals surface area contributed by atoms with Crippen LogP contribution in [0.25, 0.3) is 10.1 Å². The number of nitrogens with one attached hydrogen (secondary N) is 1. The smallest absolute Gasteiger partial charge is 0.266 e. The predicted molar refractivity (Wildman–Crippen MR) is 93.0 cm³/mol. The number of fused-ring (bicyclic) bond motifs is 1. The number of carbonyl (C=O) groups excluding carboxylic acids is 1. The first kappa shape index (κ1) is 15.6. The van der Waals surface area contributed by atoms with Crippen LogP contribution in [0, 0.1) is 12.7 Å². The summed E-state index contributed by atoms with van der Waals surface area (Å²) in [5.74, 6) is -0.817. The molecule has 3 rings (SSSR count). The minimum Gasteiger partial charge on any atom is -0.266 e. The molecular formula is C17H12ClFN2OS. The molecule has 2 aromatic carbocycles. The van der Waals surface area contributed by atoms with E-state index < -0.39 is 11.7 Å². The normalized spacial score (nSPS) is 11.3. The zero-order valence-electron chi connectivity index (χ0n) is 12.1. The minimum absolute atomic E-state index is 0.297. The average molecular weight is 347 g/mol. The Morgan fingerprint density at radius 1 is 1.30 bits per heavy atom. The van der Waals surface area contributed by atoms with E-state index in [1.54, 1.807) is 18.2 Å². The molecule has 23 heavy (non-hydrogen) atoms. The number of hydrogen-bond donors (Lipinski definition) is 1. The molecule has 1 amide bonds. The molecule has 0 bridgehead atoms. The maximum atomic E-state index is 13.5. The van der Waals surface area contributed by atoms with Gasteiger partial charge < -0.3 is 0 Å². The SMILES string of the molecule is Cc1ccc2c(Cl)c(C(=O)NN=Cc3ccccc3F)sc2c1. The number of thiophene rings is 1. The second-order valence-corrected chi connectivity index (χ2v) is 6.40. The van der Waals surface area contributed by atoms with E-state index in [9.17, 15) is 9.18 Å². The first-order chi connectivity index (χ1) is 11.1. The molecule has 0 unspecified atom stereocenters. The fraction of sp³-hybridized carbons (Fsp3) is 0.0588. The Labute approximate surface area is 141 Å². The molecule has 6 heteroatoms. The molecule has 116 valence electrons. The van der Waals surface area contributed by atoms with E-state index in [1.807, 2.05) is 25.1 Å². The Kier molecular flexibility index (Phi) is 4.41. The van der Waals surface area contributed by atoms with E-state index in [0.717, 1.165) is 15.6 Å². The van der Waals surface area contributed by atoms with Gasteiger partial charge in [-0.1, -0.05) is 41.9 Å². The van der Waals surface area contributed by atoms with Crippen LogP contribution in [0.3, 0.4) is 0 Å². The second-order valence-electron chi connectivity index (χ2n) is 4.97. The van der Waals surface area contributed by atoms with Gasteiger partial charge in [-0.25, -0.2) is 9.82 Å². The van der Waals surface area contributed by atoms with Gasteiger partial charge >= 0.3 is 0 Å². The molecule has 1 heterocycles. The molecule has 0 fully saturated rings. The molecule has 0 aliphatic heterocycles. The zero-order valence-corrected chi connectivity index (χ0v) is 13.7. The van der Waals surface area contributed by atoms with Crippen LogP contribution in [0.2, 0.25) is 5.02 Å². The lowest BCUT2D eigenvalue weighted by molar-refractivity contribution is 0.0959. The molecule has 0 atom stereocenters. The van der Waals surface area contributed by atoms with Gasteiger partial charge in [0.2, 0.25) is 0 Å². The topological polar surface area (TPSA) is 41.5 Å². The maximum absolute atomic E-state index is 13.5. The summed E-state index contributed by atoms with van der Waals surface area (Å²) < 4.78 is 14.4. The van der Waals surface area contributed by atoms with Gasteiger partial charge in [0.15, 0.2) is 0 Å². The summed E-state index contributed by atoms with van der Waals surface area (Å²) in [5.41, 5.74) is 3.78. The molecule has 0 saturated heterocycles. The van der Waals surface area contributed by atoms with Crippen molar-refractivity contribution < 1.29 is 9.18 Å². The number of nitrogens with zero attached hydrogens (tertiary/aromatic N) is 1. The summed E-state index contributed by atoms with van der Waals surface area (Å²) in [7, 11) is 0. The van der Waals surface area contributed by atoms with Gasteiger partial charge in [0.25, 0.3) is 5.91 Å². The molecule has 0 aliphatic rings. The van der Waals surface area contributed by atoms with Crippen LogP contribution in [0.1, 0.15) is 20.8 Å². The summed E-state index contributed by atoms with van der Waals surface area (Å²) in [6.45, 7) is 1.98. The van der Waals surface area contributed by atoms with Crippen molar-refractivity contribution in [3.05, 3.63) is 69.3 Å². The molecule has 1 N–H and O–H groups in total. The van der Waals surface area contributed by atoms with Crippen LogP contribution in [0.15, 0.2) is 47.6 Å². The predicted octanol–water partition coefficient (Wildman–Crippen LogP) is 4.77. The lowest BCUT2D eigenvalue weighted by Gasteiger charge is -1.98. The highest BCUT2D eigenvalue weighted by Crippen LogP contribution is 2.35. The van der Waals surface area contributed by atoms with Gasteiger partial charge in [-0.2, -0.15) is 5.10 Å². The van der Waals surface area contributed by atoms with E-state index in [1.165, 1.54) is 23.6 Å². The minimum atomic E-state index is -0.415. The number of aryl methyl sites for hydroxylation is 1. The highest BCUT2D eigenvalue weighted by Gasteiger charge is 2.16. The highest BCUT2D eigenvalue weighted by molar-refractivity contribution is 7.21. The van der Waals surface area contributed by atoms with Crippen molar-refractivity contribution in [2.24, 2.45) is 5.10 Å². The van der Waals surface area contributed by atoms with Gasteiger partial charge in [-0.15, -0.1) is 11.3 Å². The molecule has 1 aromatic heterocycles. The number of rotatable bonds is 3. The molecule has 0 saturated carbocycles. The van der Waals surface area contributed by atoms with E-state index in [-0.39, 0.29) is 0 Å². The van der Waals surface area contributed by atoms with Crippen molar-refractivity contribution in [2.45, 2.75) is 6.92 Å². The van der Waals surface area contributed by atoms with Gasteiger partial charge in [0.05, 0.1) is 11.2 Å². The van der Waals surface area contributed by atoms with Crippen molar-refractivity contribution in [3.63, 3.8) is 0 Å². The van der Waals surface area contributed by atoms with Gasteiger partial charge in [-0.05, 0) is 24.6 Å². The molecule has 0 radical (unpaired) electrons. The van der Waals surface area contributed by atoms with Gasteiger partial charge in [0.1, 0.15) is 10.7 Å². The fourth-order valence-electron chi connectivity index (χ4n) is 2.11. The van der Waals surface area contributed by atoms with Crippen LogP contribution < -0.4 is 5.43 Å². The fourth-order valence-corrected chi connectivity index (χ4v) is 3.61. The molecular weight excluding hydrogens is 335 g/mol. The summed E-state index contributed by atoms with van der Waals surface area (Å²) in [6, 6.07) is 12.0. The Hall–Kier alpha value is -2.24. The third-order valence-corrected chi connectivity index (χ3v) is 4.92. The van der Waals surface area contributed by atoms with Crippen LogP contribution in [0.5, 0.6) is 0 Å². The van der Waals surface area contributed by atoms with E-state index >= 15 is 0 Å². The standard InChI is InChI=1S/C17H12ClFN2OS/c1-10-6-7-12-14(8-10)23-16(15(12)18)17(22)21-20-9-11-4-2-3-5-13(11)19/h2-9H,1H3,(H,21,22). The van der Waals surface area contributed by atoms with Gasteiger partial charge in [-0.3, -0.25) is 4.79 Å². The number of halogens is 2. The molecule has 0 aliphatic carbocycles. The Balaban J connectivity index is 1.81. The van der Waals surface area contributed by atoms with E-state index in [2.05, 4.69) is 10.5 Å². The Morgan fingerprint density at radius 2 is 2.09 bits per heavy atom. The number of hydrazone groups is 1.